The molecular formula is C25H17N7O2. The minimum atomic E-state index is -0.441. The fourth-order valence-corrected chi connectivity index (χ4v) is 3.22. The van der Waals surface area contributed by atoms with Crippen LogP contribution in [0, 0.1) is 11.8 Å². The van der Waals surface area contributed by atoms with Crippen LogP contribution in [-0.4, -0.2) is 36.7 Å². The van der Waals surface area contributed by atoms with E-state index < -0.39 is 5.91 Å². The number of imidazole rings is 2. The maximum Gasteiger partial charge on any atom is 0.276 e. The molecule has 9 heteroatoms. The SMILES string of the molecule is O=C(Nc1nc2c(C(=O)Nc3ncc[nH]3)cccc2[nH]1)c1ccc(C#Cc2ccccc2)cn1. The van der Waals surface area contributed by atoms with Gasteiger partial charge in [-0.2, -0.15) is 0 Å². The van der Waals surface area contributed by atoms with Crippen LogP contribution in [0.4, 0.5) is 11.9 Å². The molecule has 0 aliphatic carbocycles. The molecule has 0 aliphatic heterocycles. The average molecular weight is 447 g/mol. The van der Waals surface area contributed by atoms with E-state index in [9.17, 15) is 9.59 Å². The van der Waals surface area contributed by atoms with Gasteiger partial charge in [-0.25, -0.2) is 15.0 Å². The van der Waals surface area contributed by atoms with E-state index in [0.717, 1.165) is 5.56 Å². The van der Waals surface area contributed by atoms with Gasteiger partial charge in [0.2, 0.25) is 11.9 Å². The molecular weight excluding hydrogens is 430 g/mol. The van der Waals surface area contributed by atoms with Gasteiger partial charge in [-0.3, -0.25) is 20.2 Å². The van der Waals surface area contributed by atoms with Gasteiger partial charge in [0, 0.05) is 29.7 Å². The summed E-state index contributed by atoms with van der Waals surface area (Å²) < 4.78 is 0. The van der Waals surface area contributed by atoms with Gasteiger partial charge < -0.3 is 9.97 Å². The summed E-state index contributed by atoms with van der Waals surface area (Å²) in [6.07, 6.45) is 4.68. The first kappa shape index (κ1) is 20.7. The number of hydrogen-bond acceptors (Lipinski definition) is 5. The largest absolute Gasteiger partial charge is 0.331 e. The second-order valence-corrected chi connectivity index (χ2v) is 7.18. The molecule has 34 heavy (non-hydrogen) atoms. The van der Waals surface area contributed by atoms with Gasteiger partial charge in [0.1, 0.15) is 11.2 Å². The molecule has 5 rings (SSSR count). The summed E-state index contributed by atoms with van der Waals surface area (Å²) in [5, 5.41) is 5.35. The lowest BCUT2D eigenvalue weighted by molar-refractivity contribution is 0.101. The lowest BCUT2D eigenvalue weighted by Crippen LogP contribution is -2.15. The Balaban J connectivity index is 1.31. The number of anilines is 2. The Morgan fingerprint density at radius 2 is 1.62 bits per heavy atom. The minimum absolute atomic E-state index is 0.202. The van der Waals surface area contributed by atoms with E-state index in [4.69, 9.17) is 0 Å². The Morgan fingerprint density at radius 1 is 0.794 bits per heavy atom. The smallest absolute Gasteiger partial charge is 0.276 e. The highest BCUT2D eigenvalue weighted by molar-refractivity contribution is 6.11. The van der Waals surface area contributed by atoms with Crippen LogP contribution in [0.1, 0.15) is 32.0 Å². The van der Waals surface area contributed by atoms with Crippen LogP contribution in [0.2, 0.25) is 0 Å². The number of aromatic nitrogens is 5. The molecule has 0 atom stereocenters. The first-order chi connectivity index (χ1) is 16.7. The van der Waals surface area contributed by atoms with Crippen LogP contribution < -0.4 is 10.6 Å². The van der Waals surface area contributed by atoms with Gasteiger partial charge in [-0.15, -0.1) is 0 Å². The molecule has 3 aromatic heterocycles. The normalized spacial score (nSPS) is 10.4. The van der Waals surface area contributed by atoms with Crippen LogP contribution in [0.3, 0.4) is 0 Å². The van der Waals surface area contributed by atoms with Gasteiger partial charge in [0.05, 0.1) is 11.1 Å². The first-order valence-corrected chi connectivity index (χ1v) is 10.3. The molecule has 9 nitrogen and oxygen atoms in total. The molecule has 0 unspecified atom stereocenters. The van der Waals surface area contributed by atoms with E-state index >= 15 is 0 Å². The summed E-state index contributed by atoms with van der Waals surface area (Å²) in [5.74, 6) is 5.78. The number of H-pyrrole nitrogens is 2. The number of amides is 2. The number of fused-ring (bicyclic) bond motifs is 1. The fraction of sp³-hybridized carbons (Fsp3) is 0. The van der Waals surface area contributed by atoms with Gasteiger partial charge in [0.25, 0.3) is 11.8 Å². The van der Waals surface area contributed by atoms with E-state index in [1.165, 1.54) is 6.20 Å². The number of aromatic amines is 2. The Morgan fingerprint density at radius 3 is 2.38 bits per heavy atom. The maximum atomic E-state index is 12.7. The van der Waals surface area contributed by atoms with Crippen LogP contribution >= 0.6 is 0 Å². The standard InChI is InChI=1S/C25H17N7O2/c33-22(31-24-26-13-14-27-24)18-7-4-8-19-21(18)30-25(29-19)32-23(34)20-12-11-17(15-28-20)10-9-16-5-2-1-3-6-16/h1-8,11-15H,(H2,26,27,31,33)(H2,29,30,32,34). The molecule has 0 spiro atoms. The summed E-state index contributed by atoms with van der Waals surface area (Å²) in [6.45, 7) is 0. The number of rotatable bonds is 4. The number of nitrogens with zero attached hydrogens (tertiary/aromatic N) is 3. The predicted molar refractivity (Wildman–Crippen MR) is 127 cm³/mol. The van der Waals surface area contributed by atoms with Crippen LogP contribution in [0.15, 0.2) is 79.3 Å². The van der Waals surface area contributed by atoms with E-state index in [0.29, 0.717) is 28.1 Å². The van der Waals surface area contributed by atoms with Crippen LogP contribution in [0.5, 0.6) is 0 Å². The highest BCUT2D eigenvalue weighted by atomic mass is 16.2. The Kier molecular flexibility index (Phi) is 5.53. The second kappa shape index (κ2) is 9.10. The van der Waals surface area contributed by atoms with Crippen molar-refractivity contribution in [1.29, 1.82) is 0 Å². The molecule has 2 aromatic carbocycles. The molecule has 0 saturated carbocycles. The third-order valence-corrected chi connectivity index (χ3v) is 4.84. The van der Waals surface area contributed by atoms with Gasteiger partial charge in [0.15, 0.2) is 0 Å². The summed E-state index contributed by atoms with van der Waals surface area (Å²) in [6, 6.07) is 18.1. The highest BCUT2D eigenvalue weighted by Gasteiger charge is 2.16. The van der Waals surface area contributed by atoms with Crippen molar-refractivity contribution in [2.24, 2.45) is 0 Å². The lowest BCUT2D eigenvalue weighted by Gasteiger charge is -2.02. The molecule has 164 valence electrons. The second-order valence-electron chi connectivity index (χ2n) is 7.18. The van der Waals surface area contributed by atoms with Gasteiger partial charge in [-0.05, 0) is 36.4 Å². The molecule has 0 fully saturated rings. The zero-order chi connectivity index (χ0) is 23.3. The number of para-hydroxylation sites is 1. The molecule has 3 heterocycles. The van der Waals surface area contributed by atoms with E-state index in [1.807, 2.05) is 30.3 Å². The quantitative estimate of drug-likeness (QED) is 0.313. The minimum Gasteiger partial charge on any atom is -0.331 e. The lowest BCUT2D eigenvalue weighted by atomic mass is 10.2. The van der Waals surface area contributed by atoms with Gasteiger partial charge >= 0.3 is 0 Å². The predicted octanol–water partition coefficient (Wildman–Crippen LogP) is 3.59. The van der Waals surface area contributed by atoms with Crippen molar-refractivity contribution in [2.75, 3.05) is 10.6 Å². The van der Waals surface area contributed by atoms with Crippen molar-refractivity contribution in [3.63, 3.8) is 0 Å². The molecule has 0 saturated heterocycles. The monoisotopic (exact) mass is 447 g/mol. The summed E-state index contributed by atoms with van der Waals surface area (Å²) >= 11 is 0. The molecule has 2 amide bonds. The number of benzene rings is 2. The Bertz CT molecular complexity index is 1530. The third kappa shape index (κ3) is 4.51. The van der Waals surface area contributed by atoms with Gasteiger partial charge in [-0.1, -0.05) is 36.1 Å². The maximum absolute atomic E-state index is 12.7. The Labute approximate surface area is 193 Å². The molecule has 0 radical (unpaired) electrons. The molecule has 0 bridgehead atoms. The van der Waals surface area contributed by atoms with Crippen molar-refractivity contribution in [1.82, 2.24) is 24.9 Å². The zero-order valence-corrected chi connectivity index (χ0v) is 17.7. The molecule has 4 N–H and O–H groups in total. The molecule has 0 aliphatic rings. The zero-order valence-electron chi connectivity index (χ0n) is 17.7. The number of carbonyl (C=O) groups is 2. The van der Waals surface area contributed by atoms with Crippen LogP contribution in [-0.2, 0) is 0 Å². The number of hydrogen-bond donors (Lipinski definition) is 4. The van der Waals surface area contributed by atoms with Crippen LogP contribution in [0.25, 0.3) is 11.0 Å². The van der Waals surface area contributed by atoms with Crippen molar-refractivity contribution in [3.8, 4) is 11.8 Å². The van der Waals surface area contributed by atoms with Crippen molar-refractivity contribution in [3.05, 3.63) is 102 Å². The Hall–Kier alpha value is -5.23. The third-order valence-electron chi connectivity index (χ3n) is 4.84. The van der Waals surface area contributed by atoms with Crippen molar-refractivity contribution < 1.29 is 9.59 Å². The first-order valence-electron chi connectivity index (χ1n) is 10.3. The van der Waals surface area contributed by atoms with Crippen molar-refractivity contribution in [2.45, 2.75) is 0 Å². The van der Waals surface area contributed by atoms with E-state index in [2.05, 4.69) is 47.4 Å². The topological polar surface area (TPSA) is 128 Å². The van der Waals surface area contributed by atoms with E-state index in [-0.39, 0.29) is 17.5 Å². The van der Waals surface area contributed by atoms with E-state index in [1.54, 1.807) is 42.7 Å². The number of nitrogens with one attached hydrogen (secondary N) is 4. The summed E-state index contributed by atoms with van der Waals surface area (Å²) in [7, 11) is 0. The summed E-state index contributed by atoms with van der Waals surface area (Å²) in [5.41, 5.74) is 3.15. The average Bonchev–Trinajstić information content (AvgIpc) is 3.52. The highest BCUT2D eigenvalue weighted by Crippen LogP contribution is 2.20. The number of carbonyl (C=O) groups excluding carboxylic acids is 2. The summed E-state index contributed by atoms with van der Waals surface area (Å²) in [4.78, 5) is 43.7. The fourth-order valence-electron chi connectivity index (χ4n) is 3.22. The molecule has 5 aromatic rings. The number of pyridine rings is 1. The van der Waals surface area contributed by atoms with Crippen molar-refractivity contribution >= 4 is 34.7 Å².